The van der Waals surface area contributed by atoms with Crippen molar-refractivity contribution >= 4 is 11.5 Å². The van der Waals surface area contributed by atoms with Crippen molar-refractivity contribution in [1.82, 2.24) is 35.6 Å². The van der Waals surface area contributed by atoms with Crippen molar-refractivity contribution in [2.75, 3.05) is 5.32 Å². The molecule has 0 amide bonds. The molecule has 0 aliphatic carbocycles. The number of hydrogen-bond donors (Lipinski definition) is 2. The predicted octanol–water partition coefficient (Wildman–Crippen LogP) is 5.30. The van der Waals surface area contributed by atoms with Gasteiger partial charge < -0.3 is 10.1 Å². The molecule has 9 heteroatoms. The van der Waals surface area contributed by atoms with E-state index in [0.29, 0.717) is 23.0 Å². The number of nitrogens with one attached hydrogen (secondary N) is 2. The topological polar surface area (TPSA) is 114 Å². The number of aryl methyl sites for hydroxylation is 4. The van der Waals surface area contributed by atoms with Gasteiger partial charge in [0.15, 0.2) is 5.75 Å². The summed E-state index contributed by atoms with van der Waals surface area (Å²) in [6.07, 6.45) is 5.04. The van der Waals surface area contributed by atoms with Crippen molar-refractivity contribution in [3.63, 3.8) is 0 Å². The van der Waals surface area contributed by atoms with Crippen molar-refractivity contribution in [1.29, 1.82) is 0 Å². The number of aromatic amines is 1. The molecule has 0 aliphatic heterocycles. The molecule has 9 nitrogen and oxygen atoms in total. The van der Waals surface area contributed by atoms with Crippen LogP contribution in [0.2, 0.25) is 0 Å². The first kappa shape index (κ1) is 23.1. The fraction of sp³-hybridized carbons (Fsp3) is 0.185. The Labute approximate surface area is 209 Å². The maximum atomic E-state index is 6.31. The van der Waals surface area contributed by atoms with Crippen molar-refractivity contribution in [2.24, 2.45) is 0 Å². The largest absolute Gasteiger partial charge is 0.455 e. The molecule has 2 N–H and O–H groups in total. The Morgan fingerprint density at radius 1 is 0.917 bits per heavy atom. The number of tetrazole rings is 1. The lowest BCUT2D eigenvalue weighted by atomic mass is 10.0. The predicted molar refractivity (Wildman–Crippen MR) is 137 cm³/mol. The van der Waals surface area contributed by atoms with Crippen LogP contribution in [0.4, 0.5) is 11.5 Å². The van der Waals surface area contributed by atoms with E-state index >= 15 is 0 Å². The summed E-state index contributed by atoms with van der Waals surface area (Å²) in [5, 5.41) is 17.5. The normalized spacial score (nSPS) is 10.9. The van der Waals surface area contributed by atoms with Gasteiger partial charge in [-0.25, -0.2) is 15.1 Å². The molecule has 5 aromatic rings. The Morgan fingerprint density at radius 3 is 2.64 bits per heavy atom. The zero-order valence-electron chi connectivity index (χ0n) is 20.4. The molecule has 0 fully saturated rings. The highest BCUT2D eigenvalue weighted by atomic mass is 16.5. The Kier molecular flexibility index (Phi) is 6.61. The second-order valence-electron chi connectivity index (χ2n) is 8.49. The molecule has 180 valence electrons. The van der Waals surface area contributed by atoms with E-state index in [-0.39, 0.29) is 0 Å². The second kappa shape index (κ2) is 10.3. The average Bonchev–Trinajstić information content (AvgIpc) is 3.41. The quantitative estimate of drug-likeness (QED) is 0.309. The molecule has 0 unspecified atom stereocenters. The molecule has 0 radical (unpaired) electrons. The van der Waals surface area contributed by atoms with Gasteiger partial charge in [0.1, 0.15) is 23.1 Å². The number of anilines is 2. The Hall–Kier alpha value is -4.66. The summed E-state index contributed by atoms with van der Waals surface area (Å²) in [7, 11) is 0. The molecule has 0 saturated heterocycles. The molecule has 5 rings (SSSR count). The molecular weight excluding hydrogens is 452 g/mol. The third-order valence-corrected chi connectivity index (χ3v) is 6.03. The van der Waals surface area contributed by atoms with Crippen molar-refractivity contribution in [3.05, 3.63) is 95.2 Å². The number of rotatable bonds is 8. The van der Waals surface area contributed by atoms with Crippen LogP contribution < -0.4 is 10.1 Å². The standard InChI is InChI=1S/C27H26N8O/c1-17-15-24(27(30-19(17)3)23-8-4-5-13-28-23)36-21-12-14-29-26(16-21)31-22-9-6-7-20(18(22)2)10-11-25-32-34-35-33-25/h4-9,12-16H,10-11H2,1-3H3,(H,29,31)(H,32,33,34,35). The van der Waals surface area contributed by atoms with E-state index in [1.54, 1.807) is 12.4 Å². The van der Waals surface area contributed by atoms with E-state index in [9.17, 15) is 0 Å². The first-order valence-corrected chi connectivity index (χ1v) is 11.7. The van der Waals surface area contributed by atoms with Gasteiger partial charge in [0.05, 0.1) is 5.69 Å². The van der Waals surface area contributed by atoms with Gasteiger partial charge in [0.2, 0.25) is 0 Å². The Balaban J connectivity index is 1.37. The number of nitrogens with zero attached hydrogens (tertiary/aromatic N) is 6. The van der Waals surface area contributed by atoms with Crippen LogP contribution in [0, 0.1) is 20.8 Å². The molecule has 36 heavy (non-hydrogen) atoms. The number of pyridine rings is 3. The lowest BCUT2D eigenvalue weighted by Gasteiger charge is -2.15. The van der Waals surface area contributed by atoms with Crippen LogP contribution in [-0.4, -0.2) is 35.6 Å². The maximum absolute atomic E-state index is 6.31. The summed E-state index contributed by atoms with van der Waals surface area (Å²) in [6.45, 7) is 6.10. The van der Waals surface area contributed by atoms with Gasteiger partial charge in [0.25, 0.3) is 0 Å². The van der Waals surface area contributed by atoms with Gasteiger partial charge in [-0.15, -0.1) is 5.10 Å². The van der Waals surface area contributed by atoms with Crippen LogP contribution >= 0.6 is 0 Å². The summed E-state index contributed by atoms with van der Waals surface area (Å²) in [6, 6.07) is 17.6. The van der Waals surface area contributed by atoms with Crippen LogP contribution in [0.3, 0.4) is 0 Å². The molecule has 0 saturated carbocycles. The minimum Gasteiger partial charge on any atom is -0.455 e. The number of aromatic nitrogens is 7. The minimum absolute atomic E-state index is 0.647. The summed E-state index contributed by atoms with van der Waals surface area (Å²) in [5.74, 6) is 2.75. The van der Waals surface area contributed by atoms with E-state index in [4.69, 9.17) is 9.72 Å². The SMILES string of the molecule is Cc1cc(Oc2ccnc(Nc3cccc(CCc4nnn[nH]4)c3C)c2)c(-c2ccccn2)nc1C. The minimum atomic E-state index is 0.647. The third kappa shape index (κ3) is 5.20. The van der Waals surface area contributed by atoms with Gasteiger partial charge >= 0.3 is 0 Å². The summed E-state index contributed by atoms with van der Waals surface area (Å²) >= 11 is 0. The number of ether oxygens (including phenoxy) is 1. The van der Waals surface area contributed by atoms with Crippen LogP contribution in [0.15, 0.2) is 67.0 Å². The van der Waals surface area contributed by atoms with Crippen molar-refractivity contribution in [2.45, 2.75) is 33.6 Å². The molecule has 4 aromatic heterocycles. The van der Waals surface area contributed by atoms with E-state index in [1.807, 2.05) is 62.4 Å². The van der Waals surface area contributed by atoms with Gasteiger partial charge in [-0.2, -0.15) is 0 Å². The summed E-state index contributed by atoms with van der Waals surface area (Å²) < 4.78 is 6.31. The highest BCUT2D eigenvalue weighted by molar-refractivity contribution is 5.66. The number of hydrogen-bond acceptors (Lipinski definition) is 8. The monoisotopic (exact) mass is 478 g/mol. The van der Waals surface area contributed by atoms with Gasteiger partial charge in [-0.3, -0.25) is 4.98 Å². The molecule has 4 heterocycles. The van der Waals surface area contributed by atoms with Gasteiger partial charge in [0, 0.05) is 36.3 Å². The molecule has 0 aliphatic rings. The maximum Gasteiger partial charge on any atom is 0.155 e. The van der Waals surface area contributed by atoms with Crippen molar-refractivity contribution in [3.8, 4) is 22.9 Å². The summed E-state index contributed by atoms with van der Waals surface area (Å²) in [5.41, 5.74) is 6.79. The fourth-order valence-electron chi connectivity index (χ4n) is 3.88. The Morgan fingerprint density at radius 2 is 1.83 bits per heavy atom. The zero-order chi connectivity index (χ0) is 24.9. The summed E-state index contributed by atoms with van der Waals surface area (Å²) in [4.78, 5) is 13.7. The fourth-order valence-corrected chi connectivity index (χ4v) is 3.88. The van der Waals surface area contributed by atoms with Crippen LogP contribution in [0.5, 0.6) is 11.5 Å². The number of benzene rings is 1. The number of H-pyrrole nitrogens is 1. The smallest absolute Gasteiger partial charge is 0.155 e. The van der Waals surface area contributed by atoms with Gasteiger partial charge in [-0.1, -0.05) is 18.2 Å². The lowest BCUT2D eigenvalue weighted by molar-refractivity contribution is 0.481. The second-order valence-corrected chi connectivity index (χ2v) is 8.49. The molecule has 0 bridgehead atoms. The van der Waals surface area contributed by atoms with E-state index in [1.165, 1.54) is 5.56 Å². The Bertz CT molecular complexity index is 1470. The highest BCUT2D eigenvalue weighted by Crippen LogP contribution is 2.33. The van der Waals surface area contributed by atoms with Gasteiger partial charge in [-0.05, 0) is 84.6 Å². The average molecular weight is 479 g/mol. The highest BCUT2D eigenvalue weighted by Gasteiger charge is 2.14. The first-order chi connectivity index (χ1) is 17.6. The van der Waals surface area contributed by atoms with Crippen molar-refractivity contribution < 1.29 is 4.74 Å². The van der Waals surface area contributed by atoms with E-state index < -0.39 is 0 Å². The van der Waals surface area contributed by atoms with Crippen LogP contribution in [-0.2, 0) is 12.8 Å². The van der Waals surface area contributed by atoms with Crippen LogP contribution in [0.1, 0.15) is 28.2 Å². The third-order valence-electron chi connectivity index (χ3n) is 6.03. The van der Waals surface area contributed by atoms with Crippen LogP contribution in [0.25, 0.3) is 11.4 Å². The molecule has 0 atom stereocenters. The van der Waals surface area contributed by atoms with E-state index in [0.717, 1.165) is 46.9 Å². The molecule has 0 spiro atoms. The zero-order valence-corrected chi connectivity index (χ0v) is 20.4. The molecular formula is C27H26N8O. The first-order valence-electron chi connectivity index (χ1n) is 11.7. The lowest BCUT2D eigenvalue weighted by Crippen LogP contribution is -2.01. The molecule has 1 aromatic carbocycles. The van der Waals surface area contributed by atoms with E-state index in [2.05, 4.69) is 48.9 Å².